The highest BCUT2D eigenvalue weighted by atomic mass is 79.9. The van der Waals surface area contributed by atoms with Gasteiger partial charge in [-0.15, -0.1) is 0 Å². The molecule has 3 heteroatoms. The van der Waals surface area contributed by atoms with Crippen LogP contribution in [0.4, 0.5) is 5.69 Å². The zero-order valence-corrected chi connectivity index (χ0v) is 9.22. The highest BCUT2D eigenvalue weighted by Crippen LogP contribution is 2.29. The van der Waals surface area contributed by atoms with Gasteiger partial charge in [-0.05, 0) is 37.6 Å². The van der Waals surface area contributed by atoms with Crippen molar-refractivity contribution >= 4 is 21.6 Å². The number of hydrogen-bond acceptors (Lipinski definition) is 2. The van der Waals surface area contributed by atoms with Crippen molar-refractivity contribution in [2.24, 2.45) is 0 Å². The van der Waals surface area contributed by atoms with E-state index < -0.39 is 5.41 Å². The quantitative estimate of drug-likeness (QED) is 0.766. The van der Waals surface area contributed by atoms with Crippen LogP contribution in [0.25, 0.3) is 0 Å². The summed E-state index contributed by atoms with van der Waals surface area (Å²) in [4.78, 5) is 0. The van der Waals surface area contributed by atoms with Gasteiger partial charge in [-0.2, -0.15) is 5.26 Å². The summed E-state index contributed by atoms with van der Waals surface area (Å²) < 4.78 is 0.944. The van der Waals surface area contributed by atoms with Crippen molar-refractivity contribution in [3.05, 3.63) is 28.2 Å². The van der Waals surface area contributed by atoms with Gasteiger partial charge in [-0.3, -0.25) is 0 Å². The van der Waals surface area contributed by atoms with Gasteiger partial charge in [0.05, 0.1) is 11.5 Å². The number of nitriles is 1. The van der Waals surface area contributed by atoms with E-state index in [2.05, 4.69) is 22.0 Å². The van der Waals surface area contributed by atoms with E-state index >= 15 is 0 Å². The van der Waals surface area contributed by atoms with Gasteiger partial charge in [0.25, 0.3) is 0 Å². The number of hydrogen-bond donors (Lipinski definition) is 1. The molecule has 0 aliphatic heterocycles. The minimum absolute atomic E-state index is 0.534. The first-order valence-electron chi connectivity index (χ1n) is 3.94. The third kappa shape index (κ3) is 2.02. The Bertz CT molecular complexity index is 364. The molecule has 0 saturated carbocycles. The molecular weight excluding hydrogens is 228 g/mol. The second kappa shape index (κ2) is 3.39. The van der Waals surface area contributed by atoms with Gasteiger partial charge >= 0.3 is 0 Å². The molecule has 1 aromatic rings. The van der Waals surface area contributed by atoms with E-state index in [-0.39, 0.29) is 0 Å². The summed E-state index contributed by atoms with van der Waals surface area (Å²) >= 11 is 3.35. The van der Waals surface area contributed by atoms with Gasteiger partial charge in [0.2, 0.25) is 0 Å². The van der Waals surface area contributed by atoms with E-state index in [1.165, 1.54) is 0 Å². The lowest BCUT2D eigenvalue weighted by molar-refractivity contribution is 0.689. The summed E-state index contributed by atoms with van der Waals surface area (Å²) in [6.07, 6.45) is 0. The molecule has 0 aliphatic rings. The molecule has 1 rings (SSSR count). The summed E-state index contributed by atoms with van der Waals surface area (Å²) in [7, 11) is 0. The molecule has 0 radical (unpaired) electrons. The number of nitrogen functional groups attached to an aromatic ring is 1. The van der Waals surface area contributed by atoms with Crippen LogP contribution in [0.3, 0.4) is 0 Å². The highest BCUT2D eigenvalue weighted by molar-refractivity contribution is 9.10. The van der Waals surface area contributed by atoms with E-state index in [1.807, 2.05) is 26.0 Å². The second-order valence-corrected chi connectivity index (χ2v) is 4.38. The van der Waals surface area contributed by atoms with Crippen LogP contribution in [0.5, 0.6) is 0 Å². The third-order valence-electron chi connectivity index (χ3n) is 1.97. The summed E-state index contributed by atoms with van der Waals surface area (Å²) in [6, 6.07) is 7.78. The fraction of sp³-hybridized carbons (Fsp3) is 0.300. The number of benzene rings is 1. The van der Waals surface area contributed by atoms with E-state index in [0.29, 0.717) is 5.69 Å². The van der Waals surface area contributed by atoms with Crippen molar-refractivity contribution < 1.29 is 0 Å². The van der Waals surface area contributed by atoms with Crippen LogP contribution < -0.4 is 5.73 Å². The largest absolute Gasteiger partial charge is 0.398 e. The average Bonchev–Trinajstić information content (AvgIpc) is 2.09. The van der Waals surface area contributed by atoms with E-state index in [0.717, 1.165) is 10.0 Å². The Morgan fingerprint density at radius 3 is 2.62 bits per heavy atom. The van der Waals surface area contributed by atoms with Crippen LogP contribution in [0, 0.1) is 11.3 Å². The lowest BCUT2D eigenvalue weighted by Gasteiger charge is -2.18. The lowest BCUT2D eigenvalue weighted by Crippen LogP contribution is -2.16. The summed E-state index contributed by atoms with van der Waals surface area (Å²) in [6.45, 7) is 3.70. The van der Waals surface area contributed by atoms with Crippen LogP contribution in [0.15, 0.2) is 22.7 Å². The molecule has 0 atom stereocenters. The van der Waals surface area contributed by atoms with Crippen LogP contribution in [-0.4, -0.2) is 0 Å². The molecule has 0 fully saturated rings. The Hall–Kier alpha value is -1.01. The molecule has 0 heterocycles. The van der Waals surface area contributed by atoms with Crippen molar-refractivity contribution in [3.63, 3.8) is 0 Å². The van der Waals surface area contributed by atoms with Crippen molar-refractivity contribution in [1.82, 2.24) is 0 Å². The maximum Gasteiger partial charge on any atom is 0.0786 e. The molecule has 1 aromatic carbocycles. The Balaban J connectivity index is 3.30. The minimum atomic E-state index is -0.534. The van der Waals surface area contributed by atoms with E-state index in [9.17, 15) is 0 Å². The Morgan fingerprint density at radius 2 is 2.08 bits per heavy atom. The SMILES string of the molecule is CC(C)(C#N)c1cc(Br)ccc1N. The van der Waals surface area contributed by atoms with Crippen LogP contribution in [-0.2, 0) is 5.41 Å². The predicted octanol–water partition coefficient (Wildman–Crippen LogP) is 2.83. The highest BCUT2D eigenvalue weighted by Gasteiger charge is 2.22. The fourth-order valence-electron chi connectivity index (χ4n) is 1.13. The number of rotatable bonds is 1. The fourth-order valence-corrected chi connectivity index (χ4v) is 1.49. The molecule has 13 heavy (non-hydrogen) atoms. The number of nitrogens with zero attached hydrogens (tertiary/aromatic N) is 1. The van der Waals surface area contributed by atoms with Crippen molar-refractivity contribution in [3.8, 4) is 6.07 Å². The first kappa shape index (κ1) is 10.1. The Labute approximate surface area is 86.5 Å². The zero-order chi connectivity index (χ0) is 10.1. The molecule has 0 aliphatic carbocycles. The normalized spacial score (nSPS) is 10.9. The molecule has 0 bridgehead atoms. The van der Waals surface area contributed by atoms with Crippen molar-refractivity contribution in [2.75, 3.05) is 5.73 Å². The average molecular weight is 239 g/mol. The van der Waals surface area contributed by atoms with E-state index in [4.69, 9.17) is 11.0 Å². The van der Waals surface area contributed by atoms with E-state index in [1.54, 1.807) is 6.07 Å². The summed E-state index contributed by atoms with van der Waals surface area (Å²) in [5.41, 5.74) is 6.77. The number of halogens is 1. The topological polar surface area (TPSA) is 49.8 Å². The number of anilines is 1. The molecule has 0 spiro atoms. The first-order valence-corrected chi connectivity index (χ1v) is 4.73. The maximum absolute atomic E-state index is 8.94. The molecule has 0 saturated heterocycles. The maximum atomic E-state index is 8.94. The summed E-state index contributed by atoms with van der Waals surface area (Å²) in [5.74, 6) is 0. The van der Waals surface area contributed by atoms with Crippen LogP contribution >= 0.6 is 15.9 Å². The third-order valence-corrected chi connectivity index (χ3v) is 2.46. The Kier molecular flexibility index (Phi) is 2.63. The Morgan fingerprint density at radius 1 is 1.46 bits per heavy atom. The smallest absolute Gasteiger partial charge is 0.0786 e. The number of nitrogens with two attached hydrogens (primary N) is 1. The predicted molar refractivity (Wildman–Crippen MR) is 57.2 cm³/mol. The zero-order valence-electron chi connectivity index (χ0n) is 7.63. The van der Waals surface area contributed by atoms with Gasteiger partial charge in [-0.1, -0.05) is 15.9 Å². The monoisotopic (exact) mass is 238 g/mol. The lowest BCUT2D eigenvalue weighted by atomic mass is 9.85. The molecule has 0 unspecified atom stereocenters. The van der Waals surface area contributed by atoms with Crippen molar-refractivity contribution in [2.45, 2.75) is 19.3 Å². The van der Waals surface area contributed by atoms with Gasteiger partial charge in [0.15, 0.2) is 0 Å². The molecule has 0 amide bonds. The van der Waals surface area contributed by atoms with Crippen molar-refractivity contribution in [1.29, 1.82) is 5.26 Å². The second-order valence-electron chi connectivity index (χ2n) is 3.47. The first-order chi connectivity index (χ1) is 5.97. The van der Waals surface area contributed by atoms with Crippen LogP contribution in [0.2, 0.25) is 0 Å². The molecule has 0 aromatic heterocycles. The van der Waals surface area contributed by atoms with Gasteiger partial charge in [0, 0.05) is 10.2 Å². The molecule has 2 N–H and O–H groups in total. The van der Waals surface area contributed by atoms with Gasteiger partial charge in [0.1, 0.15) is 0 Å². The van der Waals surface area contributed by atoms with Gasteiger partial charge in [-0.25, -0.2) is 0 Å². The standard InChI is InChI=1S/C10H11BrN2/c1-10(2,6-12)8-5-7(11)3-4-9(8)13/h3-5H,13H2,1-2H3. The van der Waals surface area contributed by atoms with Crippen LogP contribution in [0.1, 0.15) is 19.4 Å². The molecular formula is C10H11BrN2. The van der Waals surface area contributed by atoms with Gasteiger partial charge < -0.3 is 5.73 Å². The molecule has 68 valence electrons. The molecule has 2 nitrogen and oxygen atoms in total. The minimum Gasteiger partial charge on any atom is -0.398 e. The summed E-state index contributed by atoms with van der Waals surface area (Å²) in [5, 5.41) is 8.94.